The second-order valence-corrected chi connectivity index (χ2v) is 5.87. The Morgan fingerprint density at radius 3 is 2.96 bits per heavy atom. The number of hydrogen-bond acceptors (Lipinski definition) is 4. The third kappa shape index (κ3) is 3.51. The van der Waals surface area contributed by atoms with Crippen LogP contribution in [-0.2, 0) is 17.8 Å². The van der Waals surface area contributed by atoms with Gasteiger partial charge in [-0.3, -0.25) is 9.48 Å². The number of aromatic nitrogens is 2. The number of nitrogens with zero attached hydrogens (tertiary/aromatic N) is 2. The van der Waals surface area contributed by atoms with E-state index in [9.17, 15) is 9.59 Å². The lowest BCUT2D eigenvalue weighted by atomic mass is 10.1. The lowest BCUT2D eigenvalue weighted by Crippen LogP contribution is -2.17. The third-order valence-corrected chi connectivity index (χ3v) is 4.06. The van der Waals surface area contributed by atoms with Crippen molar-refractivity contribution in [2.75, 3.05) is 11.9 Å². The van der Waals surface area contributed by atoms with Crippen LogP contribution in [0.4, 0.5) is 5.69 Å². The van der Waals surface area contributed by atoms with Gasteiger partial charge in [0.25, 0.3) is 5.91 Å². The van der Waals surface area contributed by atoms with E-state index in [4.69, 9.17) is 21.4 Å². The molecule has 2 heterocycles. The molecule has 1 aromatic carbocycles. The summed E-state index contributed by atoms with van der Waals surface area (Å²) in [6.45, 7) is 0.359. The van der Waals surface area contributed by atoms with Crippen molar-refractivity contribution >= 4 is 29.2 Å². The minimum Gasteiger partial charge on any atom is -0.480 e. The normalized spacial score (nSPS) is 13.2. The van der Waals surface area contributed by atoms with Crippen LogP contribution in [0.3, 0.4) is 0 Å². The molecule has 3 rings (SSSR count). The van der Waals surface area contributed by atoms with Crippen LogP contribution in [0.2, 0.25) is 5.02 Å². The number of ether oxygens (including phenoxy) is 1. The number of carbonyl (C=O) groups is 2. The Labute approximate surface area is 143 Å². The number of halogens is 1. The van der Waals surface area contributed by atoms with Crippen molar-refractivity contribution in [3.8, 4) is 5.75 Å². The summed E-state index contributed by atoms with van der Waals surface area (Å²) in [7, 11) is 0. The van der Waals surface area contributed by atoms with Gasteiger partial charge in [-0.15, -0.1) is 0 Å². The quantitative estimate of drug-likeness (QED) is 0.865. The molecule has 2 aromatic rings. The highest BCUT2D eigenvalue weighted by atomic mass is 35.5. The predicted octanol–water partition coefficient (Wildman–Crippen LogP) is 2.59. The SMILES string of the molecule is O=C(O)COc1ccc(NC(=O)c2cnn3c2CCCC3)cc1Cl. The van der Waals surface area contributed by atoms with Gasteiger partial charge in [-0.1, -0.05) is 11.6 Å². The van der Waals surface area contributed by atoms with E-state index in [0.29, 0.717) is 11.3 Å². The molecule has 0 fully saturated rings. The van der Waals surface area contributed by atoms with Crippen LogP contribution in [0.1, 0.15) is 28.9 Å². The molecule has 0 saturated carbocycles. The number of fused-ring (bicyclic) bond motifs is 1. The Morgan fingerprint density at radius 2 is 2.21 bits per heavy atom. The van der Waals surface area contributed by atoms with Crippen LogP contribution in [0, 0.1) is 0 Å². The van der Waals surface area contributed by atoms with E-state index in [1.54, 1.807) is 12.3 Å². The van der Waals surface area contributed by atoms with Gasteiger partial charge in [-0.2, -0.15) is 5.10 Å². The highest BCUT2D eigenvalue weighted by Crippen LogP contribution is 2.28. The van der Waals surface area contributed by atoms with Gasteiger partial charge in [0, 0.05) is 12.2 Å². The summed E-state index contributed by atoms with van der Waals surface area (Å²) in [4.78, 5) is 23.0. The number of benzene rings is 1. The molecule has 0 aliphatic carbocycles. The van der Waals surface area contributed by atoms with Crippen molar-refractivity contribution in [3.05, 3.63) is 40.7 Å². The van der Waals surface area contributed by atoms with Crippen LogP contribution >= 0.6 is 11.6 Å². The number of amides is 1. The number of carbonyl (C=O) groups excluding carboxylic acids is 1. The fourth-order valence-corrected chi connectivity index (χ4v) is 2.88. The Balaban J connectivity index is 1.71. The Bertz CT molecular complexity index is 788. The van der Waals surface area contributed by atoms with Gasteiger partial charge >= 0.3 is 5.97 Å². The molecule has 1 aromatic heterocycles. The van der Waals surface area contributed by atoms with Crippen molar-refractivity contribution in [2.24, 2.45) is 0 Å². The molecular weight excluding hydrogens is 334 g/mol. The minimum absolute atomic E-state index is 0.228. The zero-order chi connectivity index (χ0) is 17.1. The lowest BCUT2D eigenvalue weighted by molar-refractivity contribution is -0.139. The zero-order valence-corrected chi connectivity index (χ0v) is 13.5. The molecule has 1 aliphatic rings. The molecule has 0 bridgehead atoms. The molecule has 2 N–H and O–H groups in total. The van der Waals surface area contributed by atoms with Crippen molar-refractivity contribution in [1.82, 2.24) is 9.78 Å². The van der Waals surface area contributed by atoms with Crippen LogP contribution in [-0.4, -0.2) is 33.4 Å². The number of carboxylic acid groups (broad SMARTS) is 1. The van der Waals surface area contributed by atoms with Crippen LogP contribution in [0.15, 0.2) is 24.4 Å². The van der Waals surface area contributed by atoms with Gasteiger partial charge in [-0.25, -0.2) is 4.79 Å². The fourth-order valence-electron chi connectivity index (χ4n) is 2.64. The number of carboxylic acids is 1. The van der Waals surface area contributed by atoms with E-state index in [1.165, 1.54) is 12.1 Å². The first-order valence-corrected chi connectivity index (χ1v) is 7.92. The monoisotopic (exact) mass is 349 g/mol. The van der Waals surface area contributed by atoms with Gasteiger partial charge < -0.3 is 15.2 Å². The van der Waals surface area contributed by atoms with Crippen LogP contribution in [0.5, 0.6) is 5.75 Å². The van der Waals surface area contributed by atoms with E-state index in [2.05, 4.69) is 10.4 Å². The second-order valence-electron chi connectivity index (χ2n) is 5.47. The van der Waals surface area contributed by atoms with E-state index in [1.807, 2.05) is 4.68 Å². The molecule has 1 aliphatic heterocycles. The van der Waals surface area contributed by atoms with Crippen LogP contribution in [0.25, 0.3) is 0 Å². The second kappa shape index (κ2) is 6.92. The fraction of sp³-hybridized carbons (Fsp3) is 0.312. The average Bonchev–Trinajstić information content (AvgIpc) is 2.98. The summed E-state index contributed by atoms with van der Waals surface area (Å²) in [6, 6.07) is 4.65. The molecule has 126 valence electrons. The highest BCUT2D eigenvalue weighted by molar-refractivity contribution is 6.32. The summed E-state index contributed by atoms with van der Waals surface area (Å²) in [5, 5.41) is 15.9. The summed E-state index contributed by atoms with van der Waals surface area (Å²) in [5.41, 5.74) is 2.02. The molecule has 1 amide bonds. The zero-order valence-electron chi connectivity index (χ0n) is 12.8. The molecular formula is C16H16ClN3O4. The number of aryl methyl sites for hydroxylation is 1. The first kappa shape index (κ1) is 16.3. The maximum Gasteiger partial charge on any atom is 0.341 e. The van der Waals surface area contributed by atoms with Gasteiger partial charge in [-0.05, 0) is 37.5 Å². The number of hydrogen-bond donors (Lipinski definition) is 2. The smallest absolute Gasteiger partial charge is 0.341 e. The van der Waals surface area contributed by atoms with Gasteiger partial charge in [0.05, 0.1) is 22.5 Å². The Morgan fingerprint density at radius 1 is 1.38 bits per heavy atom. The van der Waals surface area contributed by atoms with Gasteiger partial charge in [0.1, 0.15) is 5.75 Å². The summed E-state index contributed by atoms with van der Waals surface area (Å²) >= 11 is 6.05. The standard InChI is InChI=1S/C16H16ClN3O4/c17-12-7-10(4-5-14(12)24-9-15(21)22)19-16(23)11-8-18-20-6-2-1-3-13(11)20/h4-5,7-8H,1-3,6,9H2,(H,19,23)(H,21,22). The maximum absolute atomic E-state index is 12.4. The number of rotatable bonds is 5. The summed E-state index contributed by atoms with van der Waals surface area (Å²) in [5.74, 6) is -1.08. The van der Waals surface area contributed by atoms with Crippen molar-refractivity contribution < 1.29 is 19.4 Å². The highest BCUT2D eigenvalue weighted by Gasteiger charge is 2.20. The molecule has 7 nitrogen and oxygen atoms in total. The van der Waals surface area contributed by atoms with Gasteiger partial charge in [0.2, 0.25) is 0 Å². The molecule has 0 atom stereocenters. The first-order chi connectivity index (χ1) is 11.5. The third-order valence-electron chi connectivity index (χ3n) is 3.77. The predicted molar refractivity (Wildman–Crippen MR) is 87.7 cm³/mol. The summed E-state index contributed by atoms with van der Waals surface area (Å²) < 4.78 is 6.92. The van der Waals surface area contributed by atoms with E-state index >= 15 is 0 Å². The largest absolute Gasteiger partial charge is 0.480 e. The molecule has 0 unspecified atom stereocenters. The molecule has 24 heavy (non-hydrogen) atoms. The molecule has 0 radical (unpaired) electrons. The minimum atomic E-state index is -1.09. The van der Waals surface area contributed by atoms with Gasteiger partial charge in [0.15, 0.2) is 6.61 Å². The topological polar surface area (TPSA) is 93.4 Å². The Kier molecular flexibility index (Phi) is 4.71. The number of aliphatic carboxylic acids is 1. The first-order valence-electron chi connectivity index (χ1n) is 7.55. The van der Waals surface area contributed by atoms with E-state index in [0.717, 1.165) is 31.5 Å². The average molecular weight is 350 g/mol. The molecule has 0 saturated heterocycles. The number of anilines is 1. The molecule has 8 heteroatoms. The van der Waals surface area contributed by atoms with E-state index < -0.39 is 12.6 Å². The maximum atomic E-state index is 12.4. The Hall–Kier alpha value is -2.54. The van der Waals surface area contributed by atoms with E-state index in [-0.39, 0.29) is 16.7 Å². The number of nitrogens with one attached hydrogen (secondary N) is 1. The molecule has 0 spiro atoms. The van der Waals surface area contributed by atoms with Crippen molar-refractivity contribution in [2.45, 2.75) is 25.8 Å². The van der Waals surface area contributed by atoms with Crippen molar-refractivity contribution in [3.63, 3.8) is 0 Å². The van der Waals surface area contributed by atoms with Crippen molar-refractivity contribution in [1.29, 1.82) is 0 Å². The van der Waals surface area contributed by atoms with Crippen LogP contribution < -0.4 is 10.1 Å². The summed E-state index contributed by atoms with van der Waals surface area (Å²) in [6.07, 6.45) is 4.55. The lowest BCUT2D eigenvalue weighted by Gasteiger charge is -2.14.